The maximum atomic E-state index is 13.1. The van der Waals surface area contributed by atoms with E-state index < -0.39 is 0 Å². The molecule has 1 atom stereocenters. The highest BCUT2D eigenvalue weighted by Crippen LogP contribution is 2.32. The van der Waals surface area contributed by atoms with Crippen molar-refractivity contribution in [1.82, 2.24) is 14.7 Å². The third kappa shape index (κ3) is 3.79. The molecule has 1 fully saturated rings. The van der Waals surface area contributed by atoms with E-state index >= 15 is 0 Å². The first-order valence-corrected chi connectivity index (χ1v) is 11.1. The number of benzene rings is 2. The zero-order valence-electron chi connectivity index (χ0n) is 18.5. The van der Waals surface area contributed by atoms with E-state index in [-0.39, 0.29) is 12.0 Å². The molecule has 0 spiro atoms. The van der Waals surface area contributed by atoms with Gasteiger partial charge in [0.2, 0.25) is 0 Å². The van der Waals surface area contributed by atoms with E-state index in [0.29, 0.717) is 13.1 Å². The molecule has 3 aromatic rings. The normalized spacial score (nSPS) is 18.1. The predicted octanol–water partition coefficient (Wildman–Crippen LogP) is 4.43. The lowest BCUT2D eigenvalue weighted by Gasteiger charge is -2.19. The Bertz CT molecular complexity index is 1120. The molecule has 31 heavy (non-hydrogen) atoms. The van der Waals surface area contributed by atoms with E-state index in [1.165, 1.54) is 27.8 Å². The molecule has 3 heterocycles. The average molecular weight is 416 g/mol. The van der Waals surface area contributed by atoms with E-state index in [1.807, 2.05) is 28.9 Å². The number of carbonyl (C=O) groups excluding carboxylic acids is 1. The predicted molar refractivity (Wildman–Crippen MR) is 121 cm³/mol. The second kappa shape index (κ2) is 7.97. The summed E-state index contributed by atoms with van der Waals surface area (Å²) in [7, 11) is 1.93. The van der Waals surface area contributed by atoms with Crippen LogP contribution in [0.15, 0.2) is 42.6 Å². The number of aromatic nitrogens is 2. The second-order valence-electron chi connectivity index (χ2n) is 8.88. The Morgan fingerprint density at radius 2 is 1.94 bits per heavy atom. The van der Waals surface area contributed by atoms with Gasteiger partial charge in [0.1, 0.15) is 0 Å². The van der Waals surface area contributed by atoms with Gasteiger partial charge in [-0.2, -0.15) is 5.10 Å². The zero-order valence-corrected chi connectivity index (χ0v) is 18.5. The fourth-order valence-electron chi connectivity index (χ4n) is 4.81. The summed E-state index contributed by atoms with van der Waals surface area (Å²) in [5, 5.41) is 4.48. The first kappa shape index (κ1) is 20.0. The van der Waals surface area contributed by atoms with Gasteiger partial charge in [0.05, 0.1) is 11.8 Å². The van der Waals surface area contributed by atoms with Gasteiger partial charge < -0.3 is 9.64 Å². The minimum atomic E-state index is 0.153. The number of carbonyl (C=O) groups is 1. The maximum Gasteiger partial charge on any atom is 0.254 e. The first-order valence-electron chi connectivity index (χ1n) is 11.1. The van der Waals surface area contributed by atoms with E-state index in [9.17, 15) is 4.79 Å². The molecule has 5 heteroatoms. The fraction of sp³-hybridized carbons (Fsp3) is 0.385. The number of fused-ring (bicyclic) bond motifs is 1. The molecule has 0 bridgehead atoms. The van der Waals surface area contributed by atoms with Gasteiger partial charge in [-0.1, -0.05) is 24.3 Å². The molecule has 2 aliphatic rings. The molecule has 160 valence electrons. The molecule has 0 saturated carbocycles. The van der Waals surface area contributed by atoms with Gasteiger partial charge in [-0.15, -0.1) is 0 Å². The van der Waals surface area contributed by atoms with Crippen LogP contribution in [0.3, 0.4) is 0 Å². The highest BCUT2D eigenvalue weighted by atomic mass is 16.5. The van der Waals surface area contributed by atoms with Gasteiger partial charge in [0, 0.05) is 44.1 Å². The molecule has 5 nitrogen and oxygen atoms in total. The van der Waals surface area contributed by atoms with Crippen molar-refractivity contribution in [1.29, 1.82) is 0 Å². The highest BCUT2D eigenvalue weighted by molar-refractivity contribution is 5.99. The van der Waals surface area contributed by atoms with Crippen molar-refractivity contribution >= 4 is 5.91 Å². The maximum absolute atomic E-state index is 13.1. The molecule has 0 N–H and O–H groups in total. The van der Waals surface area contributed by atoms with Crippen molar-refractivity contribution in [2.24, 2.45) is 7.05 Å². The van der Waals surface area contributed by atoms with Crippen LogP contribution < -0.4 is 0 Å². The summed E-state index contributed by atoms with van der Waals surface area (Å²) >= 11 is 0. The summed E-state index contributed by atoms with van der Waals surface area (Å²) < 4.78 is 7.58. The van der Waals surface area contributed by atoms with Crippen molar-refractivity contribution in [2.45, 2.75) is 45.8 Å². The summed E-state index contributed by atoms with van der Waals surface area (Å²) in [5.41, 5.74) is 9.18. The van der Waals surface area contributed by atoms with Crippen LogP contribution in [0.1, 0.15) is 51.0 Å². The summed E-state index contributed by atoms with van der Waals surface area (Å²) in [6.45, 7) is 6.57. The minimum absolute atomic E-state index is 0.153. The van der Waals surface area contributed by atoms with Crippen LogP contribution in [0.5, 0.6) is 0 Å². The zero-order chi connectivity index (χ0) is 21.5. The van der Waals surface area contributed by atoms with Crippen molar-refractivity contribution in [2.75, 3.05) is 13.2 Å². The highest BCUT2D eigenvalue weighted by Gasteiger charge is 2.32. The van der Waals surface area contributed by atoms with E-state index in [0.717, 1.165) is 42.7 Å². The lowest BCUT2D eigenvalue weighted by Crippen LogP contribution is -2.32. The number of nitrogens with zero attached hydrogens (tertiary/aromatic N) is 3. The number of hydrogen-bond donors (Lipinski definition) is 0. The summed E-state index contributed by atoms with van der Waals surface area (Å²) in [6.07, 6.45) is 5.12. The van der Waals surface area contributed by atoms with Crippen molar-refractivity contribution in [3.63, 3.8) is 0 Å². The Morgan fingerprint density at radius 1 is 1.13 bits per heavy atom. The topological polar surface area (TPSA) is 47.4 Å². The number of amides is 1. The molecular formula is C26H29N3O2. The molecule has 2 aliphatic heterocycles. The Kier molecular flexibility index (Phi) is 5.14. The number of hydrogen-bond acceptors (Lipinski definition) is 3. The first-order chi connectivity index (χ1) is 15.0. The van der Waals surface area contributed by atoms with Gasteiger partial charge in [-0.3, -0.25) is 9.48 Å². The van der Waals surface area contributed by atoms with Crippen LogP contribution in [0.2, 0.25) is 0 Å². The van der Waals surface area contributed by atoms with Gasteiger partial charge >= 0.3 is 0 Å². The smallest absolute Gasteiger partial charge is 0.254 e. The third-order valence-corrected chi connectivity index (χ3v) is 6.81. The Balaban J connectivity index is 1.37. The van der Waals surface area contributed by atoms with Crippen LogP contribution in [0.25, 0.3) is 11.3 Å². The van der Waals surface area contributed by atoms with Gasteiger partial charge in [0.25, 0.3) is 5.91 Å². The van der Waals surface area contributed by atoms with Gasteiger partial charge in [-0.25, -0.2) is 0 Å². The largest absolute Gasteiger partial charge is 0.376 e. The molecule has 2 aromatic carbocycles. The monoisotopic (exact) mass is 415 g/mol. The molecule has 1 amide bonds. The third-order valence-electron chi connectivity index (χ3n) is 6.81. The van der Waals surface area contributed by atoms with Gasteiger partial charge in [-0.05, 0) is 73.1 Å². The summed E-state index contributed by atoms with van der Waals surface area (Å²) in [4.78, 5) is 15.1. The number of rotatable bonds is 5. The van der Waals surface area contributed by atoms with Gasteiger partial charge in [0.15, 0.2) is 0 Å². The van der Waals surface area contributed by atoms with Crippen LogP contribution in [-0.2, 0) is 24.8 Å². The molecular weight excluding hydrogens is 386 g/mol. The SMILES string of the molecule is Cc1c(Cc2ccc(-c3ccn(C)n3)cc2)cc2c(c1C)CN(CC1CCCO1)C2=O. The lowest BCUT2D eigenvalue weighted by atomic mass is 9.91. The quantitative estimate of drug-likeness (QED) is 0.619. The van der Waals surface area contributed by atoms with Crippen LogP contribution in [0, 0.1) is 13.8 Å². The number of ether oxygens (including phenoxy) is 1. The van der Waals surface area contributed by atoms with Crippen molar-refractivity contribution in [3.05, 3.63) is 76.0 Å². The second-order valence-corrected chi connectivity index (χ2v) is 8.88. The van der Waals surface area contributed by atoms with E-state index in [2.05, 4.69) is 49.3 Å². The van der Waals surface area contributed by atoms with E-state index in [1.54, 1.807) is 0 Å². The van der Waals surface area contributed by atoms with E-state index in [4.69, 9.17) is 4.74 Å². The lowest BCUT2D eigenvalue weighted by molar-refractivity contribution is 0.0545. The minimum Gasteiger partial charge on any atom is -0.376 e. The van der Waals surface area contributed by atoms with Crippen molar-refractivity contribution in [3.8, 4) is 11.3 Å². The van der Waals surface area contributed by atoms with Crippen LogP contribution in [-0.4, -0.2) is 39.8 Å². The molecule has 1 aromatic heterocycles. The number of aryl methyl sites for hydroxylation is 1. The Hall–Kier alpha value is -2.92. The standard InChI is InChI=1S/C26H29N3O2/c1-17-18(2)24-16-29(15-22-5-4-12-31-22)26(30)23(24)14-21(17)13-19-6-8-20(9-7-19)25-10-11-28(3)27-25/h6-11,14,22H,4-5,12-13,15-16H2,1-3H3. The van der Waals surface area contributed by atoms with Crippen LogP contribution >= 0.6 is 0 Å². The summed E-state index contributed by atoms with van der Waals surface area (Å²) in [5.74, 6) is 0.153. The molecule has 1 unspecified atom stereocenters. The Labute approximate surface area is 183 Å². The molecule has 5 rings (SSSR count). The fourth-order valence-corrected chi connectivity index (χ4v) is 4.81. The van der Waals surface area contributed by atoms with Crippen molar-refractivity contribution < 1.29 is 9.53 Å². The summed E-state index contributed by atoms with van der Waals surface area (Å²) in [6, 6.07) is 12.7. The average Bonchev–Trinajstić information content (AvgIpc) is 3.50. The van der Waals surface area contributed by atoms with Crippen LogP contribution in [0.4, 0.5) is 0 Å². The molecule has 0 radical (unpaired) electrons. The Morgan fingerprint density at radius 3 is 2.61 bits per heavy atom. The molecule has 0 aliphatic carbocycles. The molecule has 1 saturated heterocycles.